The lowest BCUT2D eigenvalue weighted by atomic mass is 10.0. The molecule has 1 aliphatic carbocycles. The van der Waals surface area contributed by atoms with Crippen molar-refractivity contribution >= 4 is 28.5 Å². The number of aromatic nitrogens is 2. The van der Waals surface area contributed by atoms with Crippen molar-refractivity contribution in [2.24, 2.45) is 5.92 Å². The monoisotopic (exact) mass is 287 g/mol. The molecule has 2 aliphatic rings. The Bertz CT molecular complexity index is 624. The summed E-state index contributed by atoms with van der Waals surface area (Å²) in [7, 11) is 0. The number of nitrogens with two attached hydrogens (primary N) is 1. The van der Waals surface area contributed by atoms with Crippen LogP contribution in [0.2, 0.25) is 0 Å². The Morgan fingerprint density at radius 3 is 2.75 bits per heavy atom. The molecule has 1 saturated heterocycles. The molecular formula is C16H21N3S. The van der Waals surface area contributed by atoms with Gasteiger partial charge in [-0.2, -0.15) is 11.8 Å². The zero-order valence-corrected chi connectivity index (χ0v) is 12.5. The molecule has 2 N–H and O–H groups in total. The van der Waals surface area contributed by atoms with E-state index in [-0.39, 0.29) is 0 Å². The summed E-state index contributed by atoms with van der Waals surface area (Å²) in [5.74, 6) is 5.47. The standard InChI is InChI=1S/C16H21N3S/c17-13-3-4-15-14(9-13)18-16(12-1-2-12)19(15)10-11-5-7-20-8-6-11/h3-4,9,11-12H,1-2,5-8,10,17H2. The van der Waals surface area contributed by atoms with Gasteiger partial charge in [0.05, 0.1) is 11.0 Å². The van der Waals surface area contributed by atoms with Crippen LogP contribution in [-0.4, -0.2) is 21.1 Å². The second-order valence-corrected chi connectivity index (χ2v) is 7.38. The molecule has 3 nitrogen and oxygen atoms in total. The van der Waals surface area contributed by atoms with E-state index in [1.165, 1.54) is 48.5 Å². The molecule has 2 heterocycles. The van der Waals surface area contributed by atoms with Crippen molar-refractivity contribution < 1.29 is 0 Å². The molecule has 0 atom stereocenters. The minimum absolute atomic E-state index is 0.696. The third-order valence-electron chi connectivity index (χ3n) is 4.53. The van der Waals surface area contributed by atoms with Gasteiger partial charge in [-0.25, -0.2) is 4.98 Å². The van der Waals surface area contributed by atoms with Crippen molar-refractivity contribution in [3.63, 3.8) is 0 Å². The molecule has 0 unspecified atom stereocenters. The fraction of sp³-hybridized carbons (Fsp3) is 0.562. The van der Waals surface area contributed by atoms with Crippen LogP contribution < -0.4 is 5.73 Å². The summed E-state index contributed by atoms with van der Waals surface area (Å²) in [5, 5.41) is 0. The topological polar surface area (TPSA) is 43.8 Å². The molecule has 1 aliphatic heterocycles. The quantitative estimate of drug-likeness (QED) is 0.877. The minimum atomic E-state index is 0.696. The third-order valence-corrected chi connectivity index (χ3v) is 5.57. The Hall–Kier alpha value is -1.16. The first kappa shape index (κ1) is 12.6. The Kier molecular flexibility index (Phi) is 3.14. The molecule has 1 saturated carbocycles. The van der Waals surface area contributed by atoms with Crippen LogP contribution in [0.1, 0.15) is 37.4 Å². The minimum Gasteiger partial charge on any atom is -0.399 e. The maximum atomic E-state index is 5.91. The number of imidazole rings is 1. The lowest BCUT2D eigenvalue weighted by Gasteiger charge is -2.23. The van der Waals surface area contributed by atoms with Crippen molar-refractivity contribution in [1.29, 1.82) is 0 Å². The zero-order chi connectivity index (χ0) is 13.5. The van der Waals surface area contributed by atoms with E-state index >= 15 is 0 Å². The zero-order valence-electron chi connectivity index (χ0n) is 11.7. The predicted molar refractivity (Wildman–Crippen MR) is 86.2 cm³/mol. The molecule has 1 aromatic heterocycles. The average molecular weight is 287 g/mol. The summed E-state index contributed by atoms with van der Waals surface area (Å²) in [6.07, 6.45) is 5.31. The maximum absolute atomic E-state index is 5.91. The molecule has 0 bridgehead atoms. The summed E-state index contributed by atoms with van der Waals surface area (Å²) >= 11 is 2.10. The van der Waals surface area contributed by atoms with E-state index in [0.717, 1.165) is 23.7 Å². The van der Waals surface area contributed by atoms with Gasteiger partial charge in [0.15, 0.2) is 0 Å². The summed E-state index contributed by atoms with van der Waals surface area (Å²) < 4.78 is 2.49. The number of nitrogens with zero attached hydrogens (tertiary/aromatic N) is 2. The number of hydrogen-bond donors (Lipinski definition) is 1. The molecule has 0 spiro atoms. The molecule has 4 rings (SSSR count). The smallest absolute Gasteiger partial charge is 0.113 e. The summed E-state index contributed by atoms with van der Waals surface area (Å²) in [6.45, 7) is 1.15. The van der Waals surface area contributed by atoms with Crippen LogP contribution >= 0.6 is 11.8 Å². The first-order valence-electron chi connectivity index (χ1n) is 7.64. The van der Waals surface area contributed by atoms with Gasteiger partial charge in [-0.1, -0.05) is 0 Å². The van der Waals surface area contributed by atoms with Crippen LogP contribution in [0.25, 0.3) is 11.0 Å². The molecular weight excluding hydrogens is 266 g/mol. The van der Waals surface area contributed by atoms with E-state index in [9.17, 15) is 0 Å². The molecule has 0 radical (unpaired) electrons. The Labute approximate surface area is 123 Å². The van der Waals surface area contributed by atoms with Crippen molar-refractivity contribution in [2.75, 3.05) is 17.2 Å². The molecule has 106 valence electrons. The van der Waals surface area contributed by atoms with E-state index in [0.29, 0.717) is 5.92 Å². The van der Waals surface area contributed by atoms with E-state index in [4.69, 9.17) is 10.7 Å². The van der Waals surface area contributed by atoms with E-state index in [1.807, 2.05) is 12.1 Å². The molecule has 2 aromatic rings. The fourth-order valence-electron chi connectivity index (χ4n) is 3.20. The van der Waals surface area contributed by atoms with Gasteiger partial charge >= 0.3 is 0 Å². The van der Waals surface area contributed by atoms with Gasteiger partial charge in [0.25, 0.3) is 0 Å². The average Bonchev–Trinajstić information content (AvgIpc) is 3.24. The first-order chi connectivity index (χ1) is 9.81. The number of hydrogen-bond acceptors (Lipinski definition) is 3. The van der Waals surface area contributed by atoms with Gasteiger partial charge in [-0.3, -0.25) is 0 Å². The Balaban J connectivity index is 1.73. The lowest BCUT2D eigenvalue weighted by Crippen LogP contribution is -2.17. The Morgan fingerprint density at radius 1 is 1.20 bits per heavy atom. The largest absolute Gasteiger partial charge is 0.399 e. The van der Waals surface area contributed by atoms with Crippen LogP contribution in [0.4, 0.5) is 5.69 Å². The molecule has 1 aromatic carbocycles. The highest BCUT2D eigenvalue weighted by Crippen LogP contribution is 2.41. The van der Waals surface area contributed by atoms with Crippen LogP contribution in [0.15, 0.2) is 18.2 Å². The maximum Gasteiger partial charge on any atom is 0.113 e. The van der Waals surface area contributed by atoms with Crippen molar-refractivity contribution in [3.8, 4) is 0 Å². The second kappa shape index (κ2) is 4.99. The summed E-state index contributed by atoms with van der Waals surface area (Å²) in [4.78, 5) is 4.88. The van der Waals surface area contributed by atoms with Gasteiger partial charge < -0.3 is 10.3 Å². The highest BCUT2D eigenvalue weighted by atomic mass is 32.2. The SMILES string of the molecule is Nc1ccc2c(c1)nc(C1CC1)n2CC1CCSCC1. The predicted octanol–water partition coefficient (Wildman–Crippen LogP) is 3.64. The Morgan fingerprint density at radius 2 is 2.00 bits per heavy atom. The number of thioether (sulfide) groups is 1. The van der Waals surface area contributed by atoms with Gasteiger partial charge in [0, 0.05) is 18.2 Å². The van der Waals surface area contributed by atoms with Crippen molar-refractivity contribution in [3.05, 3.63) is 24.0 Å². The lowest BCUT2D eigenvalue weighted by molar-refractivity contribution is 0.415. The van der Waals surface area contributed by atoms with Crippen molar-refractivity contribution in [1.82, 2.24) is 9.55 Å². The summed E-state index contributed by atoms with van der Waals surface area (Å²) in [5.41, 5.74) is 9.08. The van der Waals surface area contributed by atoms with E-state index in [1.54, 1.807) is 0 Å². The highest BCUT2D eigenvalue weighted by Gasteiger charge is 2.30. The molecule has 20 heavy (non-hydrogen) atoms. The number of fused-ring (bicyclic) bond motifs is 1. The highest BCUT2D eigenvalue weighted by molar-refractivity contribution is 7.99. The number of nitrogen functional groups attached to an aromatic ring is 1. The van der Waals surface area contributed by atoms with Crippen LogP contribution in [0.5, 0.6) is 0 Å². The number of benzene rings is 1. The van der Waals surface area contributed by atoms with Gasteiger partial charge in [0.1, 0.15) is 5.82 Å². The van der Waals surface area contributed by atoms with Crippen LogP contribution in [-0.2, 0) is 6.54 Å². The number of anilines is 1. The second-order valence-electron chi connectivity index (χ2n) is 6.16. The van der Waals surface area contributed by atoms with Crippen LogP contribution in [0, 0.1) is 5.92 Å². The molecule has 0 amide bonds. The first-order valence-corrected chi connectivity index (χ1v) is 8.80. The van der Waals surface area contributed by atoms with Gasteiger partial charge in [-0.05, 0) is 61.3 Å². The molecule has 2 fully saturated rings. The number of rotatable bonds is 3. The van der Waals surface area contributed by atoms with E-state index < -0.39 is 0 Å². The van der Waals surface area contributed by atoms with Gasteiger partial charge in [-0.15, -0.1) is 0 Å². The fourth-order valence-corrected chi connectivity index (χ4v) is 4.40. The van der Waals surface area contributed by atoms with Crippen molar-refractivity contribution in [2.45, 2.75) is 38.1 Å². The van der Waals surface area contributed by atoms with Gasteiger partial charge in [0.2, 0.25) is 0 Å². The van der Waals surface area contributed by atoms with E-state index in [2.05, 4.69) is 22.4 Å². The third kappa shape index (κ3) is 2.30. The summed E-state index contributed by atoms with van der Waals surface area (Å²) in [6, 6.07) is 6.18. The van der Waals surface area contributed by atoms with Crippen LogP contribution in [0.3, 0.4) is 0 Å². The molecule has 4 heteroatoms. The normalized spacial score (nSPS) is 20.6.